The van der Waals surface area contributed by atoms with Gasteiger partial charge in [0.05, 0.1) is 18.2 Å². The summed E-state index contributed by atoms with van der Waals surface area (Å²) < 4.78 is 1.96. The maximum absolute atomic E-state index is 10.9. The van der Waals surface area contributed by atoms with E-state index in [-0.39, 0.29) is 0 Å². The number of aliphatic hydroxyl groups is 1. The van der Waals surface area contributed by atoms with Crippen LogP contribution in [-0.4, -0.2) is 38.7 Å². The maximum atomic E-state index is 10.9. The summed E-state index contributed by atoms with van der Waals surface area (Å²) in [5.41, 5.74) is 0.301. The Morgan fingerprint density at radius 3 is 2.47 bits per heavy atom. The summed E-state index contributed by atoms with van der Waals surface area (Å²) in [6, 6.07) is 1.06. The van der Waals surface area contributed by atoms with Gasteiger partial charge in [-0.05, 0) is 32.7 Å². The van der Waals surface area contributed by atoms with Crippen molar-refractivity contribution in [2.75, 3.05) is 7.05 Å². The van der Waals surface area contributed by atoms with E-state index in [0.29, 0.717) is 12.1 Å². The van der Waals surface area contributed by atoms with E-state index in [2.05, 4.69) is 16.9 Å². The van der Waals surface area contributed by atoms with Crippen molar-refractivity contribution in [3.63, 3.8) is 0 Å². The molecular weight excluding hydrogens is 214 g/mol. The molecule has 2 aliphatic heterocycles. The van der Waals surface area contributed by atoms with E-state index in [0.717, 1.165) is 18.5 Å². The highest BCUT2D eigenvalue weighted by atomic mass is 16.3. The van der Waals surface area contributed by atoms with E-state index in [9.17, 15) is 5.11 Å². The predicted molar refractivity (Wildman–Crippen MR) is 65.5 cm³/mol. The molecule has 17 heavy (non-hydrogen) atoms. The first-order valence-electron chi connectivity index (χ1n) is 6.51. The number of piperidine rings is 2. The standard InChI is InChI=1S/C13H21N3O/c1-15-9-14-8-12(15)13(17)6-10-4-3-5-11(7-13)16(10)2/h8-11,17H,3-7H2,1-2H3. The van der Waals surface area contributed by atoms with Crippen molar-refractivity contribution >= 4 is 0 Å². The maximum Gasteiger partial charge on any atom is 0.109 e. The second-order valence-electron chi connectivity index (χ2n) is 5.73. The van der Waals surface area contributed by atoms with Crippen LogP contribution < -0.4 is 0 Å². The second-order valence-corrected chi connectivity index (χ2v) is 5.73. The van der Waals surface area contributed by atoms with Crippen molar-refractivity contribution in [3.8, 4) is 0 Å². The first-order chi connectivity index (χ1) is 8.10. The summed E-state index contributed by atoms with van der Waals surface area (Å²) in [6.07, 6.45) is 9.03. The van der Waals surface area contributed by atoms with Gasteiger partial charge in [-0.25, -0.2) is 4.98 Å². The quantitative estimate of drug-likeness (QED) is 0.796. The Labute approximate surface area is 102 Å². The molecule has 4 heteroatoms. The molecule has 0 aromatic carbocycles. The molecule has 3 rings (SSSR count). The first-order valence-corrected chi connectivity index (χ1v) is 6.51. The number of aryl methyl sites for hydroxylation is 1. The fourth-order valence-corrected chi connectivity index (χ4v) is 3.66. The molecule has 1 aromatic heterocycles. The van der Waals surface area contributed by atoms with E-state index < -0.39 is 5.60 Å². The topological polar surface area (TPSA) is 41.3 Å². The Morgan fingerprint density at radius 1 is 1.29 bits per heavy atom. The van der Waals surface area contributed by atoms with Crippen molar-refractivity contribution in [1.29, 1.82) is 0 Å². The van der Waals surface area contributed by atoms with Crippen LogP contribution in [0.15, 0.2) is 12.5 Å². The molecule has 2 bridgehead atoms. The number of fused-ring (bicyclic) bond motifs is 2. The zero-order chi connectivity index (χ0) is 12.0. The minimum Gasteiger partial charge on any atom is -0.383 e. The Kier molecular flexibility index (Phi) is 2.52. The van der Waals surface area contributed by atoms with Gasteiger partial charge in [0, 0.05) is 19.1 Å². The Balaban J connectivity index is 1.92. The molecule has 0 radical (unpaired) electrons. The molecule has 94 valence electrons. The van der Waals surface area contributed by atoms with Crippen LogP contribution in [0.1, 0.15) is 37.8 Å². The molecular formula is C13H21N3O. The lowest BCUT2D eigenvalue weighted by molar-refractivity contribution is -0.0912. The lowest BCUT2D eigenvalue weighted by Crippen LogP contribution is -2.55. The molecule has 1 aromatic rings. The van der Waals surface area contributed by atoms with Crippen LogP contribution in [0.5, 0.6) is 0 Å². The molecule has 2 fully saturated rings. The van der Waals surface area contributed by atoms with Gasteiger partial charge in [0.2, 0.25) is 0 Å². The molecule has 2 unspecified atom stereocenters. The number of rotatable bonds is 1. The monoisotopic (exact) mass is 235 g/mol. The summed E-state index contributed by atoms with van der Waals surface area (Å²) in [4.78, 5) is 6.61. The molecule has 1 N–H and O–H groups in total. The van der Waals surface area contributed by atoms with Gasteiger partial charge in [-0.3, -0.25) is 0 Å². The number of hydrogen-bond donors (Lipinski definition) is 1. The van der Waals surface area contributed by atoms with Crippen LogP contribution in [0, 0.1) is 0 Å². The molecule has 0 saturated carbocycles. The van der Waals surface area contributed by atoms with Gasteiger partial charge >= 0.3 is 0 Å². The molecule has 3 heterocycles. The average molecular weight is 235 g/mol. The normalized spacial score (nSPS) is 38.3. The fraction of sp³-hybridized carbons (Fsp3) is 0.769. The van der Waals surface area contributed by atoms with Crippen LogP contribution in [0.4, 0.5) is 0 Å². The average Bonchev–Trinajstić information content (AvgIpc) is 2.68. The first kappa shape index (κ1) is 11.2. The molecule has 4 nitrogen and oxygen atoms in total. The van der Waals surface area contributed by atoms with Crippen molar-refractivity contribution in [1.82, 2.24) is 14.5 Å². The summed E-state index contributed by atoms with van der Waals surface area (Å²) in [5.74, 6) is 0. The SMILES string of the molecule is CN1C2CCCC1CC(O)(c1cncn1C)C2. The fourth-order valence-electron chi connectivity index (χ4n) is 3.66. The molecule has 2 aliphatic rings. The predicted octanol–water partition coefficient (Wildman–Crippen LogP) is 1.25. The van der Waals surface area contributed by atoms with Gasteiger partial charge in [0.25, 0.3) is 0 Å². The highest BCUT2D eigenvalue weighted by molar-refractivity contribution is 5.15. The Morgan fingerprint density at radius 2 is 1.94 bits per heavy atom. The van der Waals surface area contributed by atoms with Crippen LogP contribution >= 0.6 is 0 Å². The highest BCUT2D eigenvalue weighted by Crippen LogP contribution is 2.43. The van der Waals surface area contributed by atoms with E-state index in [4.69, 9.17) is 0 Å². The smallest absolute Gasteiger partial charge is 0.109 e. The molecule has 0 amide bonds. The second kappa shape index (κ2) is 3.82. The van der Waals surface area contributed by atoms with Gasteiger partial charge < -0.3 is 14.6 Å². The van der Waals surface area contributed by atoms with Crippen LogP contribution in [0.2, 0.25) is 0 Å². The van der Waals surface area contributed by atoms with Gasteiger partial charge in [0.15, 0.2) is 0 Å². The van der Waals surface area contributed by atoms with Crippen molar-refractivity contribution in [2.24, 2.45) is 7.05 Å². The van der Waals surface area contributed by atoms with Crippen LogP contribution in [0.25, 0.3) is 0 Å². The highest BCUT2D eigenvalue weighted by Gasteiger charge is 2.46. The number of nitrogens with zero attached hydrogens (tertiary/aromatic N) is 3. The number of aromatic nitrogens is 2. The van der Waals surface area contributed by atoms with Crippen molar-refractivity contribution in [3.05, 3.63) is 18.2 Å². The zero-order valence-corrected chi connectivity index (χ0v) is 10.6. The van der Waals surface area contributed by atoms with Crippen LogP contribution in [0.3, 0.4) is 0 Å². The van der Waals surface area contributed by atoms with Gasteiger partial charge in [-0.1, -0.05) is 6.42 Å². The third-order valence-electron chi connectivity index (χ3n) is 4.67. The molecule has 0 spiro atoms. The minimum atomic E-state index is -0.673. The minimum absolute atomic E-state index is 0.530. The van der Waals surface area contributed by atoms with E-state index in [1.807, 2.05) is 17.8 Å². The Bertz CT molecular complexity index is 401. The van der Waals surface area contributed by atoms with Gasteiger partial charge in [-0.15, -0.1) is 0 Å². The third-order valence-corrected chi connectivity index (χ3v) is 4.67. The summed E-state index contributed by atoms with van der Waals surface area (Å²) in [5, 5.41) is 10.9. The van der Waals surface area contributed by atoms with Crippen molar-refractivity contribution in [2.45, 2.75) is 49.8 Å². The summed E-state index contributed by atoms with van der Waals surface area (Å²) in [7, 11) is 4.17. The Hall–Kier alpha value is -0.870. The zero-order valence-electron chi connectivity index (χ0n) is 10.6. The van der Waals surface area contributed by atoms with Gasteiger partial charge in [0.1, 0.15) is 5.60 Å². The van der Waals surface area contributed by atoms with Crippen molar-refractivity contribution < 1.29 is 5.11 Å². The number of imidazole rings is 1. The van der Waals surface area contributed by atoms with Gasteiger partial charge in [-0.2, -0.15) is 0 Å². The summed E-state index contributed by atoms with van der Waals surface area (Å²) >= 11 is 0. The number of hydrogen-bond acceptors (Lipinski definition) is 3. The lowest BCUT2D eigenvalue weighted by Gasteiger charge is -2.50. The molecule has 2 atom stereocenters. The summed E-state index contributed by atoms with van der Waals surface area (Å²) in [6.45, 7) is 0. The van der Waals surface area contributed by atoms with E-state index >= 15 is 0 Å². The van der Waals surface area contributed by atoms with E-state index in [1.165, 1.54) is 19.3 Å². The molecule has 2 saturated heterocycles. The molecule has 0 aliphatic carbocycles. The third kappa shape index (κ3) is 1.70. The van der Waals surface area contributed by atoms with E-state index in [1.54, 1.807) is 6.33 Å². The largest absolute Gasteiger partial charge is 0.383 e. The van der Waals surface area contributed by atoms with Crippen LogP contribution in [-0.2, 0) is 12.6 Å². The lowest BCUT2D eigenvalue weighted by atomic mass is 9.74.